The molecule has 23 heavy (non-hydrogen) atoms. The third-order valence-electron chi connectivity index (χ3n) is 3.32. The number of aromatic nitrogens is 1. The molecule has 6 heteroatoms. The lowest BCUT2D eigenvalue weighted by Gasteiger charge is -2.16. The third-order valence-corrected chi connectivity index (χ3v) is 3.32. The fourth-order valence-corrected chi connectivity index (χ4v) is 2.08. The van der Waals surface area contributed by atoms with Crippen LogP contribution in [0.3, 0.4) is 0 Å². The maximum Gasteiger partial charge on any atom is 0.377 e. The van der Waals surface area contributed by atoms with Gasteiger partial charge in [0.15, 0.2) is 6.10 Å². The van der Waals surface area contributed by atoms with Gasteiger partial charge in [0.25, 0.3) is 5.91 Å². The molecule has 2 rings (SSSR count). The number of benzene rings is 1. The molecule has 122 valence electrons. The molecule has 0 saturated carbocycles. The molecular weight excluding hydrogens is 296 g/mol. The second-order valence-electron chi connectivity index (χ2n) is 5.61. The van der Waals surface area contributed by atoms with Crippen LogP contribution in [0.4, 0.5) is 5.69 Å². The minimum Gasteiger partial charge on any atom is -0.447 e. The molecule has 0 aliphatic carbocycles. The Morgan fingerprint density at radius 1 is 1.22 bits per heavy atom. The van der Waals surface area contributed by atoms with E-state index in [0.717, 1.165) is 5.56 Å². The van der Waals surface area contributed by atoms with Crippen molar-refractivity contribution in [2.45, 2.75) is 39.7 Å². The Kier molecular flexibility index (Phi) is 5.16. The van der Waals surface area contributed by atoms with E-state index in [1.165, 1.54) is 13.0 Å². The third kappa shape index (κ3) is 4.18. The topological polar surface area (TPSA) is 81.4 Å². The average molecular weight is 316 g/mol. The molecule has 6 nitrogen and oxygen atoms in total. The van der Waals surface area contributed by atoms with Gasteiger partial charge >= 0.3 is 5.97 Å². The molecule has 1 aromatic carbocycles. The zero-order valence-electron chi connectivity index (χ0n) is 13.6. The molecule has 2 aromatic rings. The Morgan fingerprint density at radius 2 is 1.91 bits per heavy atom. The summed E-state index contributed by atoms with van der Waals surface area (Å²) in [6.07, 6.45) is -0.951. The molecule has 0 spiro atoms. The zero-order chi connectivity index (χ0) is 17.0. The minimum absolute atomic E-state index is 0.0234. The molecule has 1 heterocycles. The van der Waals surface area contributed by atoms with Gasteiger partial charge in [0, 0.05) is 11.8 Å². The van der Waals surface area contributed by atoms with E-state index in [1.54, 1.807) is 6.92 Å². The Morgan fingerprint density at radius 3 is 2.52 bits per heavy atom. The fraction of sp³-hybridized carbons (Fsp3) is 0.353. The lowest BCUT2D eigenvalue weighted by Crippen LogP contribution is -2.30. The Balaban J connectivity index is 2.02. The van der Waals surface area contributed by atoms with Crippen LogP contribution in [0.15, 0.2) is 34.9 Å². The van der Waals surface area contributed by atoms with Crippen LogP contribution in [0.25, 0.3) is 0 Å². The summed E-state index contributed by atoms with van der Waals surface area (Å²) in [6.45, 7) is 7.29. The lowest BCUT2D eigenvalue weighted by atomic mass is 10.0. The number of carbonyl (C=O) groups is 2. The Bertz CT molecular complexity index is 706. The van der Waals surface area contributed by atoms with Gasteiger partial charge < -0.3 is 14.6 Å². The number of anilines is 1. The van der Waals surface area contributed by atoms with Gasteiger partial charge in [0.2, 0.25) is 5.76 Å². The van der Waals surface area contributed by atoms with Crippen LogP contribution in [-0.2, 0) is 9.53 Å². The summed E-state index contributed by atoms with van der Waals surface area (Å²) in [5.41, 5.74) is 2.30. The second kappa shape index (κ2) is 7.09. The number of rotatable bonds is 5. The second-order valence-corrected chi connectivity index (χ2v) is 5.61. The first-order valence-electron chi connectivity index (χ1n) is 7.42. The van der Waals surface area contributed by atoms with Gasteiger partial charge in [-0.1, -0.05) is 37.2 Å². The van der Waals surface area contributed by atoms with E-state index in [1.807, 2.05) is 38.1 Å². The summed E-state index contributed by atoms with van der Waals surface area (Å²) >= 11 is 0. The summed E-state index contributed by atoms with van der Waals surface area (Å²) in [5, 5.41) is 6.40. The molecule has 0 unspecified atom stereocenters. The molecule has 0 aliphatic heterocycles. The summed E-state index contributed by atoms with van der Waals surface area (Å²) < 4.78 is 9.92. The number of nitrogens with one attached hydrogen (secondary N) is 1. The van der Waals surface area contributed by atoms with E-state index in [0.29, 0.717) is 11.4 Å². The first-order valence-corrected chi connectivity index (χ1v) is 7.42. The predicted octanol–water partition coefficient (Wildman–Crippen LogP) is 3.29. The van der Waals surface area contributed by atoms with Crippen molar-refractivity contribution in [2.24, 2.45) is 0 Å². The molecule has 0 aliphatic rings. The monoisotopic (exact) mass is 316 g/mol. The van der Waals surface area contributed by atoms with Gasteiger partial charge in [-0.15, -0.1) is 0 Å². The van der Waals surface area contributed by atoms with Gasteiger partial charge in [0.1, 0.15) is 0 Å². The maximum atomic E-state index is 12.2. The van der Waals surface area contributed by atoms with Crippen molar-refractivity contribution in [2.75, 3.05) is 5.32 Å². The molecule has 1 aromatic heterocycles. The van der Waals surface area contributed by atoms with Gasteiger partial charge in [-0.2, -0.15) is 0 Å². The standard InChI is InChI=1S/C17H20N2O4/c1-10(2)13-7-5-6-8-14(13)18-16(20)12(4)22-17(21)15-9-11(3)19-23-15/h5-10,12H,1-4H3,(H,18,20)/t12-/m0/s1. The van der Waals surface area contributed by atoms with Crippen molar-refractivity contribution in [3.05, 3.63) is 47.3 Å². The summed E-state index contributed by atoms with van der Waals surface area (Å²) in [6, 6.07) is 8.99. The number of hydrogen-bond donors (Lipinski definition) is 1. The molecular formula is C17H20N2O4. The van der Waals surface area contributed by atoms with Crippen LogP contribution in [0, 0.1) is 6.92 Å². The molecule has 0 radical (unpaired) electrons. The highest BCUT2D eigenvalue weighted by Gasteiger charge is 2.22. The first-order chi connectivity index (χ1) is 10.9. The zero-order valence-corrected chi connectivity index (χ0v) is 13.6. The number of nitrogens with zero attached hydrogens (tertiary/aromatic N) is 1. The SMILES string of the molecule is Cc1cc(C(=O)O[C@@H](C)C(=O)Nc2ccccc2C(C)C)on1. The summed E-state index contributed by atoms with van der Waals surface area (Å²) in [5.74, 6) is -0.876. The molecule has 0 fully saturated rings. The smallest absolute Gasteiger partial charge is 0.377 e. The van der Waals surface area contributed by atoms with Crippen molar-refractivity contribution in [1.29, 1.82) is 0 Å². The van der Waals surface area contributed by atoms with Gasteiger partial charge in [-0.05, 0) is 31.4 Å². The summed E-state index contributed by atoms with van der Waals surface area (Å²) in [7, 11) is 0. The summed E-state index contributed by atoms with van der Waals surface area (Å²) in [4.78, 5) is 24.1. The fourth-order valence-electron chi connectivity index (χ4n) is 2.08. The Labute approximate surface area is 134 Å². The predicted molar refractivity (Wildman–Crippen MR) is 85.3 cm³/mol. The highest BCUT2D eigenvalue weighted by atomic mass is 16.6. The van der Waals surface area contributed by atoms with Crippen LogP contribution in [0.1, 0.15) is 48.5 Å². The number of hydrogen-bond acceptors (Lipinski definition) is 5. The van der Waals surface area contributed by atoms with Crippen LogP contribution < -0.4 is 5.32 Å². The van der Waals surface area contributed by atoms with Crippen molar-refractivity contribution in [1.82, 2.24) is 5.16 Å². The molecule has 1 amide bonds. The van der Waals surface area contributed by atoms with Crippen LogP contribution >= 0.6 is 0 Å². The highest BCUT2D eigenvalue weighted by molar-refractivity contribution is 5.97. The number of carbonyl (C=O) groups excluding carboxylic acids is 2. The molecule has 1 N–H and O–H groups in total. The van der Waals surface area contributed by atoms with Gasteiger partial charge in [-0.3, -0.25) is 4.79 Å². The number of ether oxygens (including phenoxy) is 1. The lowest BCUT2D eigenvalue weighted by molar-refractivity contribution is -0.123. The van der Waals surface area contributed by atoms with Crippen molar-refractivity contribution < 1.29 is 18.8 Å². The van der Waals surface area contributed by atoms with E-state index >= 15 is 0 Å². The molecule has 0 bridgehead atoms. The van der Waals surface area contributed by atoms with Gasteiger partial charge in [0.05, 0.1) is 5.69 Å². The first kappa shape index (κ1) is 16.7. The van der Waals surface area contributed by atoms with Gasteiger partial charge in [-0.25, -0.2) is 4.79 Å². The highest BCUT2D eigenvalue weighted by Crippen LogP contribution is 2.23. The van der Waals surface area contributed by atoms with E-state index in [9.17, 15) is 9.59 Å². The van der Waals surface area contributed by atoms with E-state index in [2.05, 4.69) is 10.5 Å². The normalized spacial score (nSPS) is 12.0. The van der Waals surface area contributed by atoms with E-state index in [4.69, 9.17) is 9.26 Å². The van der Waals surface area contributed by atoms with E-state index in [-0.39, 0.29) is 11.7 Å². The van der Waals surface area contributed by atoms with Crippen LogP contribution in [-0.4, -0.2) is 23.1 Å². The quantitative estimate of drug-likeness (QED) is 0.856. The average Bonchev–Trinajstić information content (AvgIpc) is 2.94. The van der Waals surface area contributed by atoms with Crippen molar-refractivity contribution >= 4 is 17.6 Å². The molecule has 0 saturated heterocycles. The van der Waals surface area contributed by atoms with Crippen LogP contribution in [0.2, 0.25) is 0 Å². The van der Waals surface area contributed by atoms with Crippen molar-refractivity contribution in [3.8, 4) is 0 Å². The number of amides is 1. The molecule has 1 atom stereocenters. The number of esters is 1. The minimum atomic E-state index is -0.951. The number of para-hydroxylation sites is 1. The van der Waals surface area contributed by atoms with Crippen LogP contribution in [0.5, 0.6) is 0 Å². The largest absolute Gasteiger partial charge is 0.447 e. The van der Waals surface area contributed by atoms with Crippen molar-refractivity contribution in [3.63, 3.8) is 0 Å². The number of aryl methyl sites for hydroxylation is 1. The maximum absolute atomic E-state index is 12.2. The Hall–Kier alpha value is -2.63. The van der Waals surface area contributed by atoms with E-state index < -0.39 is 18.0 Å².